The van der Waals surface area contributed by atoms with Crippen molar-refractivity contribution in [1.82, 2.24) is 20.3 Å². The number of sulfonamides is 1. The first-order chi connectivity index (χ1) is 25.9. The average Bonchev–Trinajstić information content (AvgIpc) is 3.64. The van der Waals surface area contributed by atoms with Crippen LogP contribution in [0.15, 0.2) is 102 Å². The molecular weight excluding hydrogens is 733 g/mol. The highest BCUT2D eigenvalue weighted by Crippen LogP contribution is 2.33. The van der Waals surface area contributed by atoms with Gasteiger partial charge in [-0.05, 0) is 54.0 Å². The second-order valence-corrected chi connectivity index (χ2v) is 15.0. The van der Waals surface area contributed by atoms with Gasteiger partial charge in [-0.3, -0.25) is 19.2 Å². The molecule has 4 N–H and O–H groups in total. The average molecular weight is 775 g/mol. The lowest BCUT2D eigenvalue weighted by atomic mass is 9.96. The molecule has 15 heteroatoms. The molecular formula is C39H42N4O9S2. The normalized spacial score (nSPS) is 16.7. The van der Waals surface area contributed by atoms with Crippen LogP contribution in [0.5, 0.6) is 0 Å². The summed E-state index contributed by atoms with van der Waals surface area (Å²) in [7, 11) is -3.06. The van der Waals surface area contributed by atoms with Gasteiger partial charge in [0, 0.05) is 36.6 Å². The Hall–Kier alpha value is -5.25. The van der Waals surface area contributed by atoms with Crippen molar-refractivity contribution in [3.63, 3.8) is 0 Å². The molecule has 5 rings (SSSR count). The number of nitrogens with zero attached hydrogens (tertiary/aromatic N) is 1. The fourth-order valence-corrected chi connectivity index (χ4v) is 8.23. The molecule has 1 fully saturated rings. The molecule has 0 spiro atoms. The van der Waals surface area contributed by atoms with Gasteiger partial charge in [0.05, 0.1) is 17.6 Å². The molecule has 284 valence electrons. The number of amides is 3. The molecule has 54 heavy (non-hydrogen) atoms. The highest BCUT2D eigenvalue weighted by atomic mass is 32.2. The second-order valence-electron chi connectivity index (χ2n) is 12.9. The molecule has 1 aliphatic rings. The number of ether oxygens (including phenoxy) is 1. The summed E-state index contributed by atoms with van der Waals surface area (Å²) in [6.07, 6.45) is -0.271. The number of methoxy groups -OCH3 is 1. The number of rotatable bonds is 16. The summed E-state index contributed by atoms with van der Waals surface area (Å²) in [4.78, 5) is 66.1. The molecule has 0 aliphatic carbocycles. The first-order valence-corrected chi connectivity index (χ1v) is 19.5. The smallest absolute Gasteiger partial charge is 0.337 e. The Labute approximate surface area is 318 Å². The number of fused-ring (bicyclic) bond motifs is 1. The fourth-order valence-electron chi connectivity index (χ4n) is 6.52. The Balaban J connectivity index is 1.34. The van der Waals surface area contributed by atoms with Crippen LogP contribution < -0.4 is 15.4 Å². The zero-order valence-electron chi connectivity index (χ0n) is 29.5. The lowest BCUT2D eigenvalue weighted by Gasteiger charge is -2.29. The van der Waals surface area contributed by atoms with E-state index in [1.165, 1.54) is 18.1 Å². The topological polar surface area (TPSA) is 188 Å². The number of hydrogen-bond donors (Lipinski definition) is 5. The maximum atomic E-state index is 14.4. The summed E-state index contributed by atoms with van der Waals surface area (Å²) in [5.41, 5.74) is 2.11. The predicted octanol–water partition coefficient (Wildman–Crippen LogP) is 3.30. The fraction of sp³-hybridized carbons (Fsp3) is 0.308. The number of nitrogens with one attached hydrogen (secondary N) is 3. The Morgan fingerprint density at radius 3 is 2.28 bits per heavy atom. The van der Waals surface area contributed by atoms with Crippen molar-refractivity contribution < 1.29 is 42.2 Å². The summed E-state index contributed by atoms with van der Waals surface area (Å²) < 4.78 is 34.8. The van der Waals surface area contributed by atoms with E-state index >= 15 is 0 Å². The standard InChI is InChI=1S/C39H42N4O9S2/c1-52-39(49)28-16-14-25(15-17-28)20-21-40-36(46)32(24-53)41-37(47)33-22-29(26-8-3-2-4-9-26)23-43(33)38(48)31(18-19-35(44)45)42-54(50,51)34-13-7-11-27-10-5-6-12-30(27)34/h2-17,29,31-33,42,53H,18-24H2,1H3,(H,40,46)(H,41,47)(H,44,45)/t29-,31+,32+,33+/m1/s1. The van der Waals surface area contributed by atoms with E-state index in [1.54, 1.807) is 60.7 Å². The van der Waals surface area contributed by atoms with Crippen molar-refractivity contribution in [2.75, 3.05) is 26.0 Å². The lowest BCUT2D eigenvalue weighted by Crippen LogP contribution is -2.56. The minimum absolute atomic E-state index is 0.0486. The molecule has 1 saturated heterocycles. The van der Waals surface area contributed by atoms with Crippen LogP contribution in [0.3, 0.4) is 0 Å². The summed E-state index contributed by atoms with van der Waals surface area (Å²) in [5.74, 6) is -3.95. The maximum absolute atomic E-state index is 14.4. The van der Waals surface area contributed by atoms with Crippen LogP contribution >= 0.6 is 12.6 Å². The highest BCUT2D eigenvalue weighted by Gasteiger charge is 2.43. The molecule has 0 saturated carbocycles. The number of carbonyl (C=O) groups excluding carboxylic acids is 4. The van der Waals surface area contributed by atoms with Crippen LogP contribution in [0.25, 0.3) is 10.8 Å². The molecule has 1 heterocycles. The number of esters is 1. The number of thiol groups is 1. The van der Waals surface area contributed by atoms with Crippen LogP contribution in [-0.4, -0.2) is 92.2 Å². The van der Waals surface area contributed by atoms with Gasteiger partial charge < -0.3 is 25.4 Å². The number of benzene rings is 4. The minimum atomic E-state index is -4.36. The van der Waals surface area contributed by atoms with Crippen LogP contribution in [0.4, 0.5) is 0 Å². The molecule has 1 aliphatic heterocycles. The maximum Gasteiger partial charge on any atom is 0.337 e. The van der Waals surface area contributed by atoms with Crippen molar-refractivity contribution in [3.8, 4) is 0 Å². The van der Waals surface area contributed by atoms with E-state index in [9.17, 15) is 37.5 Å². The van der Waals surface area contributed by atoms with Gasteiger partial charge in [-0.15, -0.1) is 0 Å². The second kappa shape index (κ2) is 18.2. The van der Waals surface area contributed by atoms with Gasteiger partial charge >= 0.3 is 11.9 Å². The number of carboxylic acid groups (broad SMARTS) is 1. The zero-order chi connectivity index (χ0) is 38.8. The third-order valence-corrected chi connectivity index (χ3v) is 11.2. The Bertz CT molecular complexity index is 2090. The molecule has 0 radical (unpaired) electrons. The van der Waals surface area contributed by atoms with Crippen molar-refractivity contribution in [3.05, 3.63) is 114 Å². The molecule has 4 aromatic rings. The van der Waals surface area contributed by atoms with Gasteiger partial charge in [-0.1, -0.05) is 78.9 Å². The molecule has 13 nitrogen and oxygen atoms in total. The molecule has 4 aromatic carbocycles. The predicted molar refractivity (Wildman–Crippen MR) is 205 cm³/mol. The number of aliphatic carboxylic acids is 1. The van der Waals surface area contributed by atoms with Crippen LogP contribution in [0.2, 0.25) is 0 Å². The third-order valence-electron chi connectivity index (χ3n) is 9.34. The lowest BCUT2D eigenvalue weighted by molar-refractivity contribution is -0.141. The minimum Gasteiger partial charge on any atom is -0.481 e. The van der Waals surface area contributed by atoms with E-state index in [1.807, 2.05) is 30.3 Å². The quantitative estimate of drug-likeness (QED) is 0.0841. The van der Waals surface area contributed by atoms with E-state index in [2.05, 4.69) is 28.0 Å². The number of hydrogen-bond acceptors (Lipinski definition) is 9. The monoisotopic (exact) mass is 774 g/mol. The third kappa shape index (κ3) is 9.83. The summed E-state index contributed by atoms with van der Waals surface area (Å²) >= 11 is 4.30. The van der Waals surface area contributed by atoms with Gasteiger partial charge in [0.1, 0.15) is 18.1 Å². The van der Waals surface area contributed by atoms with Gasteiger partial charge in [0.15, 0.2) is 0 Å². The van der Waals surface area contributed by atoms with Crippen molar-refractivity contribution in [1.29, 1.82) is 0 Å². The van der Waals surface area contributed by atoms with Crippen LogP contribution in [0.1, 0.15) is 46.7 Å². The van der Waals surface area contributed by atoms with E-state index < -0.39 is 64.2 Å². The Kier molecular flexibility index (Phi) is 13.5. The molecule has 3 amide bonds. The van der Waals surface area contributed by atoms with Gasteiger partial charge in [0.25, 0.3) is 0 Å². The van der Waals surface area contributed by atoms with Crippen molar-refractivity contribution >= 4 is 63.1 Å². The van der Waals surface area contributed by atoms with Gasteiger partial charge in [-0.2, -0.15) is 17.4 Å². The molecule has 4 atom stereocenters. The number of likely N-dealkylation sites (tertiary alicyclic amines) is 1. The van der Waals surface area contributed by atoms with Gasteiger partial charge in [0.2, 0.25) is 27.7 Å². The summed E-state index contributed by atoms with van der Waals surface area (Å²) in [5, 5.41) is 16.1. The first kappa shape index (κ1) is 39.9. The van der Waals surface area contributed by atoms with E-state index in [0.29, 0.717) is 22.8 Å². The summed E-state index contributed by atoms with van der Waals surface area (Å²) in [6, 6.07) is 23.9. The number of carbonyl (C=O) groups is 5. The van der Waals surface area contributed by atoms with E-state index in [0.717, 1.165) is 11.1 Å². The van der Waals surface area contributed by atoms with Crippen LogP contribution in [0, 0.1) is 0 Å². The van der Waals surface area contributed by atoms with Gasteiger partial charge in [-0.25, -0.2) is 13.2 Å². The van der Waals surface area contributed by atoms with Crippen molar-refractivity contribution in [2.45, 2.75) is 54.6 Å². The van der Waals surface area contributed by atoms with E-state index in [4.69, 9.17) is 4.74 Å². The SMILES string of the molecule is COC(=O)c1ccc(CCNC(=O)[C@H](CS)NC(=O)[C@@H]2C[C@@H](c3ccccc3)CN2C(=O)[C@H](CCC(=O)O)NS(=O)(=O)c2cccc3ccccc23)cc1. The first-order valence-electron chi connectivity index (χ1n) is 17.3. The van der Waals surface area contributed by atoms with E-state index in [-0.39, 0.29) is 42.5 Å². The molecule has 0 unspecified atom stereocenters. The highest BCUT2D eigenvalue weighted by molar-refractivity contribution is 7.89. The Morgan fingerprint density at radius 1 is 0.907 bits per heavy atom. The number of carboxylic acids is 1. The Morgan fingerprint density at radius 2 is 1.59 bits per heavy atom. The summed E-state index contributed by atoms with van der Waals surface area (Å²) in [6.45, 7) is 0.274. The zero-order valence-corrected chi connectivity index (χ0v) is 31.2. The molecule has 0 bridgehead atoms. The molecule has 0 aromatic heterocycles. The largest absolute Gasteiger partial charge is 0.481 e. The van der Waals surface area contributed by atoms with Crippen LogP contribution in [-0.2, 0) is 40.4 Å². The van der Waals surface area contributed by atoms with Crippen molar-refractivity contribution in [2.24, 2.45) is 0 Å².